The molecular formula is C16H17Cl2NO4. The number of carbonyl (C=O) groups is 2. The number of benzene rings is 1. The van der Waals surface area contributed by atoms with E-state index in [1.54, 1.807) is 23.1 Å². The average molecular weight is 358 g/mol. The van der Waals surface area contributed by atoms with Crippen LogP contribution in [0.4, 0.5) is 0 Å². The van der Waals surface area contributed by atoms with Gasteiger partial charge in [-0.1, -0.05) is 29.3 Å². The van der Waals surface area contributed by atoms with Crippen molar-refractivity contribution >= 4 is 35.1 Å². The van der Waals surface area contributed by atoms with E-state index in [1.807, 2.05) is 0 Å². The highest BCUT2D eigenvalue weighted by Crippen LogP contribution is 2.42. The molecule has 0 aromatic heterocycles. The lowest BCUT2D eigenvalue weighted by atomic mass is 9.74. The number of hydrogen-bond donors (Lipinski definition) is 1. The number of carboxylic acids is 1. The van der Waals surface area contributed by atoms with Gasteiger partial charge in [-0.05, 0) is 24.1 Å². The van der Waals surface area contributed by atoms with Crippen LogP contribution in [0.3, 0.4) is 0 Å². The van der Waals surface area contributed by atoms with Crippen molar-refractivity contribution in [1.29, 1.82) is 0 Å². The largest absolute Gasteiger partial charge is 0.481 e. The topological polar surface area (TPSA) is 66.8 Å². The summed E-state index contributed by atoms with van der Waals surface area (Å²) < 4.78 is 5.40. The summed E-state index contributed by atoms with van der Waals surface area (Å²) in [6, 6.07) is 5.08. The molecule has 0 saturated carbocycles. The van der Waals surface area contributed by atoms with Gasteiger partial charge >= 0.3 is 5.97 Å². The molecule has 1 amide bonds. The van der Waals surface area contributed by atoms with Crippen LogP contribution in [-0.4, -0.2) is 48.2 Å². The molecule has 3 rings (SSSR count). The lowest BCUT2D eigenvalue weighted by Gasteiger charge is -2.33. The molecule has 23 heavy (non-hydrogen) atoms. The molecule has 0 bridgehead atoms. The second-order valence-corrected chi connectivity index (χ2v) is 7.00. The maximum Gasteiger partial charge on any atom is 0.311 e. The van der Waals surface area contributed by atoms with Crippen LogP contribution in [0.25, 0.3) is 0 Å². The SMILES string of the molecule is O=C(Cc1ccc(Cl)c(Cl)c1)N1C[C@H]2COCC[C@@]2(C(=O)O)C1. The number of nitrogens with zero attached hydrogens (tertiary/aromatic N) is 1. The number of amides is 1. The summed E-state index contributed by atoms with van der Waals surface area (Å²) >= 11 is 11.8. The summed E-state index contributed by atoms with van der Waals surface area (Å²) in [5.74, 6) is -1.08. The number of hydrogen-bond acceptors (Lipinski definition) is 3. The Kier molecular flexibility index (Phi) is 4.54. The quantitative estimate of drug-likeness (QED) is 0.902. The molecule has 2 fully saturated rings. The van der Waals surface area contributed by atoms with Crippen molar-refractivity contribution in [2.75, 3.05) is 26.3 Å². The van der Waals surface area contributed by atoms with Gasteiger partial charge in [-0.2, -0.15) is 0 Å². The highest BCUT2D eigenvalue weighted by Gasteiger charge is 2.54. The molecule has 5 nitrogen and oxygen atoms in total. The third-order valence-electron chi connectivity index (χ3n) is 4.82. The molecule has 0 unspecified atom stereocenters. The summed E-state index contributed by atoms with van der Waals surface area (Å²) in [5.41, 5.74) is -0.106. The normalized spacial score (nSPS) is 26.9. The van der Waals surface area contributed by atoms with Crippen LogP contribution in [0.5, 0.6) is 0 Å². The molecular weight excluding hydrogens is 341 g/mol. The molecule has 2 aliphatic rings. The van der Waals surface area contributed by atoms with E-state index in [4.69, 9.17) is 27.9 Å². The number of likely N-dealkylation sites (tertiary alicyclic amines) is 1. The van der Waals surface area contributed by atoms with Gasteiger partial charge in [0, 0.05) is 25.6 Å². The lowest BCUT2D eigenvalue weighted by molar-refractivity contribution is -0.157. The van der Waals surface area contributed by atoms with Crippen molar-refractivity contribution in [1.82, 2.24) is 4.90 Å². The second-order valence-electron chi connectivity index (χ2n) is 6.18. The standard InChI is InChI=1S/C16H17Cl2NO4/c17-12-2-1-10(5-13(12)18)6-14(20)19-7-11-8-23-4-3-16(11,9-19)15(21)22/h1-2,5,11H,3-4,6-9H2,(H,21,22)/t11-,16+/m0/s1. The number of rotatable bonds is 3. The third-order valence-corrected chi connectivity index (χ3v) is 5.56. The first-order chi connectivity index (χ1) is 10.9. The Labute approximate surface area is 144 Å². The molecule has 2 heterocycles. The molecule has 124 valence electrons. The van der Waals surface area contributed by atoms with Crippen molar-refractivity contribution in [3.05, 3.63) is 33.8 Å². The van der Waals surface area contributed by atoms with Crippen molar-refractivity contribution in [2.24, 2.45) is 11.3 Å². The molecule has 1 aromatic carbocycles. The van der Waals surface area contributed by atoms with Crippen molar-refractivity contribution < 1.29 is 19.4 Å². The first kappa shape index (κ1) is 16.6. The summed E-state index contributed by atoms with van der Waals surface area (Å²) in [6.07, 6.45) is 0.629. The summed E-state index contributed by atoms with van der Waals surface area (Å²) in [5, 5.41) is 10.5. The Morgan fingerprint density at radius 1 is 1.35 bits per heavy atom. The fraction of sp³-hybridized carbons (Fsp3) is 0.500. The Bertz CT molecular complexity index is 651. The van der Waals surface area contributed by atoms with Crippen LogP contribution in [0.2, 0.25) is 10.0 Å². The Morgan fingerprint density at radius 3 is 2.78 bits per heavy atom. The number of aliphatic carboxylic acids is 1. The molecule has 2 saturated heterocycles. The van der Waals surface area contributed by atoms with Gasteiger partial charge in [0.1, 0.15) is 0 Å². The smallest absolute Gasteiger partial charge is 0.311 e. The molecule has 2 aliphatic heterocycles. The lowest BCUT2D eigenvalue weighted by Crippen LogP contribution is -2.45. The Balaban J connectivity index is 1.73. The maximum atomic E-state index is 12.5. The molecule has 1 aromatic rings. The second kappa shape index (κ2) is 6.30. The number of carbonyl (C=O) groups excluding carboxylic acids is 1. The zero-order valence-corrected chi connectivity index (χ0v) is 13.9. The maximum absolute atomic E-state index is 12.5. The van der Waals surface area contributed by atoms with Crippen LogP contribution in [-0.2, 0) is 20.7 Å². The number of halogens is 2. The molecule has 0 spiro atoms. The first-order valence-electron chi connectivity index (χ1n) is 7.45. The predicted molar refractivity (Wildman–Crippen MR) is 85.7 cm³/mol. The summed E-state index contributed by atoms with van der Waals surface area (Å²) in [4.78, 5) is 25.9. The van der Waals surface area contributed by atoms with E-state index in [0.717, 1.165) is 5.56 Å². The van der Waals surface area contributed by atoms with E-state index >= 15 is 0 Å². The van der Waals surface area contributed by atoms with Gasteiger partial charge in [-0.25, -0.2) is 0 Å². The fourth-order valence-corrected chi connectivity index (χ4v) is 3.75. The molecule has 1 N–H and O–H groups in total. The minimum atomic E-state index is -0.869. The molecule has 0 aliphatic carbocycles. The van der Waals surface area contributed by atoms with Gasteiger partial charge in [-0.3, -0.25) is 9.59 Å². The predicted octanol–water partition coefficient (Wildman–Crippen LogP) is 2.49. The average Bonchev–Trinajstić information content (AvgIpc) is 2.92. The van der Waals surface area contributed by atoms with E-state index in [9.17, 15) is 14.7 Å². The van der Waals surface area contributed by atoms with Crippen LogP contribution >= 0.6 is 23.2 Å². The van der Waals surface area contributed by atoms with Crippen LogP contribution in [0.1, 0.15) is 12.0 Å². The van der Waals surface area contributed by atoms with Gasteiger partial charge in [0.05, 0.1) is 28.5 Å². The Hall–Kier alpha value is -1.30. The van der Waals surface area contributed by atoms with E-state index in [0.29, 0.717) is 36.2 Å². The van der Waals surface area contributed by atoms with E-state index in [1.165, 1.54) is 0 Å². The van der Waals surface area contributed by atoms with Gasteiger partial charge in [0.15, 0.2) is 0 Å². The van der Waals surface area contributed by atoms with Gasteiger partial charge in [0.2, 0.25) is 5.91 Å². The number of ether oxygens (including phenoxy) is 1. The zero-order valence-electron chi connectivity index (χ0n) is 12.4. The number of carboxylic acid groups (broad SMARTS) is 1. The molecule has 2 atom stereocenters. The Morgan fingerprint density at radius 2 is 2.13 bits per heavy atom. The van der Waals surface area contributed by atoms with Gasteiger partial charge < -0.3 is 14.7 Å². The fourth-order valence-electron chi connectivity index (χ4n) is 3.43. The van der Waals surface area contributed by atoms with Gasteiger partial charge in [-0.15, -0.1) is 0 Å². The third kappa shape index (κ3) is 3.05. The minimum absolute atomic E-state index is 0.0987. The van der Waals surface area contributed by atoms with E-state index < -0.39 is 11.4 Å². The first-order valence-corrected chi connectivity index (χ1v) is 8.21. The molecule has 7 heteroatoms. The number of fused-ring (bicyclic) bond motifs is 1. The zero-order chi connectivity index (χ0) is 16.6. The summed E-state index contributed by atoms with van der Waals surface area (Å²) in [6.45, 7) is 1.49. The molecule has 0 radical (unpaired) electrons. The van der Waals surface area contributed by atoms with E-state index in [-0.39, 0.29) is 24.8 Å². The van der Waals surface area contributed by atoms with Crippen LogP contribution in [0.15, 0.2) is 18.2 Å². The monoisotopic (exact) mass is 357 g/mol. The van der Waals surface area contributed by atoms with Crippen molar-refractivity contribution in [3.63, 3.8) is 0 Å². The summed E-state index contributed by atoms with van der Waals surface area (Å²) in [7, 11) is 0. The van der Waals surface area contributed by atoms with Gasteiger partial charge in [0.25, 0.3) is 0 Å². The highest BCUT2D eigenvalue weighted by molar-refractivity contribution is 6.42. The minimum Gasteiger partial charge on any atom is -0.481 e. The highest BCUT2D eigenvalue weighted by atomic mass is 35.5. The van der Waals surface area contributed by atoms with Crippen LogP contribution in [0, 0.1) is 11.3 Å². The van der Waals surface area contributed by atoms with E-state index in [2.05, 4.69) is 0 Å². The van der Waals surface area contributed by atoms with Crippen molar-refractivity contribution in [2.45, 2.75) is 12.8 Å². The van der Waals surface area contributed by atoms with Crippen molar-refractivity contribution in [3.8, 4) is 0 Å². The van der Waals surface area contributed by atoms with Crippen LogP contribution < -0.4 is 0 Å².